The zero-order valence-electron chi connectivity index (χ0n) is 22.2. The van der Waals surface area contributed by atoms with Crippen LogP contribution in [0.15, 0.2) is 72.9 Å². The van der Waals surface area contributed by atoms with Crippen LogP contribution in [0.5, 0.6) is 5.88 Å². The monoisotopic (exact) mass is 525 g/mol. The molecule has 1 aliphatic heterocycles. The van der Waals surface area contributed by atoms with E-state index in [-0.39, 0.29) is 11.7 Å². The molecule has 0 bridgehead atoms. The molecule has 1 aliphatic rings. The molecule has 2 heterocycles. The number of carbonyl (C=O) groups excluding carboxylic acids is 1. The van der Waals surface area contributed by atoms with Gasteiger partial charge in [-0.2, -0.15) is 4.98 Å². The summed E-state index contributed by atoms with van der Waals surface area (Å²) < 4.78 is 19.1. The number of terminal acetylenes is 1. The highest BCUT2D eigenvalue weighted by atomic mass is 19.1. The topological polar surface area (TPSA) is 70.6 Å². The van der Waals surface area contributed by atoms with Gasteiger partial charge in [0.25, 0.3) is 5.91 Å². The first-order chi connectivity index (χ1) is 19.0. The molecule has 1 fully saturated rings. The first-order valence-electron chi connectivity index (χ1n) is 12.8. The van der Waals surface area contributed by atoms with E-state index in [2.05, 4.69) is 26.1 Å². The Hall–Kier alpha value is -4.64. The highest BCUT2D eigenvalue weighted by Crippen LogP contribution is 2.26. The van der Waals surface area contributed by atoms with Crippen LogP contribution in [0.4, 0.5) is 21.7 Å². The van der Waals surface area contributed by atoms with E-state index in [1.165, 1.54) is 18.6 Å². The van der Waals surface area contributed by atoms with Gasteiger partial charge in [-0.05, 0) is 48.9 Å². The average molecular weight is 526 g/mol. The molecule has 7 nitrogen and oxygen atoms in total. The van der Waals surface area contributed by atoms with E-state index in [4.69, 9.17) is 11.2 Å². The third kappa shape index (κ3) is 7.23. The van der Waals surface area contributed by atoms with Crippen LogP contribution in [0, 0.1) is 18.2 Å². The smallest absolute Gasteiger partial charge is 0.255 e. The van der Waals surface area contributed by atoms with E-state index in [0.29, 0.717) is 23.9 Å². The zero-order chi connectivity index (χ0) is 27.6. The van der Waals surface area contributed by atoms with Crippen LogP contribution < -0.4 is 19.9 Å². The lowest BCUT2D eigenvalue weighted by Gasteiger charge is -2.29. The van der Waals surface area contributed by atoms with Crippen molar-refractivity contribution >= 4 is 34.0 Å². The summed E-state index contributed by atoms with van der Waals surface area (Å²) in [5, 5.41) is 4.96. The number of fused-ring (bicyclic) bond motifs is 1. The quantitative estimate of drug-likeness (QED) is 0.322. The van der Waals surface area contributed by atoms with Gasteiger partial charge in [-0.1, -0.05) is 42.3 Å². The summed E-state index contributed by atoms with van der Waals surface area (Å²) in [6, 6.07) is 19.9. The average Bonchev–Trinajstić information content (AvgIpc) is 2.98. The van der Waals surface area contributed by atoms with Gasteiger partial charge >= 0.3 is 0 Å². The minimum atomic E-state index is -0.379. The first-order valence-corrected chi connectivity index (χ1v) is 12.8. The van der Waals surface area contributed by atoms with Gasteiger partial charge < -0.3 is 19.9 Å². The van der Waals surface area contributed by atoms with Crippen molar-refractivity contribution in [2.45, 2.75) is 19.3 Å². The second kappa shape index (κ2) is 13.2. The van der Waals surface area contributed by atoms with E-state index in [1.54, 1.807) is 30.3 Å². The fourth-order valence-corrected chi connectivity index (χ4v) is 4.41. The second-order valence-corrected chi connectivity index (χ2v) is 9.19. The summed E-state index contributed by atoms with van der Waals surface area (Å²) in [5.74, 6) is 2.94. The molecular formula is C31H32FN5O2. The minimum Gasteiger partial charge on any atom is -0.481 e. The van der Waals surface area contributed by atoms with E-state index in [9.17, 15) is 9.18 Å². The van der Waals surface area contributed by atoms with E-state index in [0.717, 1.165) is 48.1 Å². The molecule has 0 radical (unpaired) electrons. The highest BCUT2D eigenvalue weighted by molar-refractivity contribution is 6.09. The molecular weight excluding hydrogens is 493 g/mol. The van der Waals surface area contributed by atoms with Crippen LogP contribution in [-0.2, 0) is 0 Å². The predicted molar refractivity (Wildman–Crippen MR) is 155 cm³/mol. The fourth-order valence-electron chi connectivity index (χ4n) is 4.41. The van der Waals surface area contributed by atoms with Gasteiger partial charge in [0, 0.05) is 54.7 Å². The molecule has 1 amide bonds. The second-order valence-electron chi connectivity index (χ2n) is 9.19. The van der Waals surface area contributed by atoms with Gasteiger partial charge in [0.05, 0.1) is 13.7 Å². The maximum atomic E-state index is 14.1. The summed E-state index contributed by atoms with van der Waals surface area (Å²) in [5.41, 5.74) is 1.86. The molecule has 0 spiro atoms. The van der Waals surface area contributed by atoms with Gasteiger partial charge in [-0.25, -0.2) is 9.37 Å². The number of piperidine rings is 1. The van der Waals surface area contributed by atoms with Gasteiger partial charge in [0.15, 0.2) is 0 Å². The van der Waals surface area contributed by atoms with Gasteiger partial charge in [-0.3, -0.25) is 4.79 Å². The molecule has 3 aromatic carbocycles. The fraction of sp³-hybridized carbons (Fsp3) is 0.258. The number of nitrogens with one attached hydrogen (secondary N) is 1. The normalized spacial score (nSPS) is 12.6. The number of nitrogens with zero attached hydrogens (tertiary/aromatic N) is 4. The standard InChI is InChI=1S/C22H21FN2O.C9H11N3O/c23-18-13-17(14-19(15-18)25-11-4-1-5-12-25)22(26)24-21-10-6-8-16-7-2-3-9-20(16)21;1-4-7-12(2)9-10-6-5-8(11-9)13-3/h2-3,6-10,13-15H,1,4-5,11-12H2,(H,24,26);1,5-6H,7H2,2-3H3. The van der Waals surface area contributed by atoms with Crippen LogP contribution in [-0.4, -0.2) is 49.7 Å². The molecule has 0 saturated carbocycles. The molecule has 8 heteroatoms. The molecule has 1 saturated heterocycles. The number of hydrogen-bond acceptors (Lipinski definition) is 6. The minimum absolute atomic E-state index is 0.292. The molecule has 0 atom stereocenters. The number of benzene rings is 3. The van der Waals surface area contributed by atoms with Crippen molar-refractivity contribution in [2.75, 3.05) is 48.9 Å². The van der Waals surface area contributed by atoms with Crippen molar-refractivity contribution < 1.29 is 13.9 Å². The zero-order valence-corrected chi connectivity index (χ0v) is 22.2. The number of ether oxygens (including phenoxy) is 1. The molecule has 1 N–H and O–H groups in total. The van der Waals surface area contributed by atoms with E-state index < -0.39 is 0 Å². The Balaban J connectivity index is 0.000000229. The first kappa shape index (κ1) is 27.4. The Morgan fingerprint density at radius 2 is 1.87 bits per heavy atom. The number of carbonyl (C=O) groups is 1. The van der Waals surface area contributed by atoms with Crippen molar-refractivity contribution in [3.05, 3.63) is 84.3 Å². The largest absolute Gasteiger partial charge is 0.481 e. The summed E-state index contributed by atoms with van der Waals surface area (Å²) in [4.78, 5) is 24.8. The molecule has 4 aromatic rings. The van der Waals surface area contributed by atoms with Crippen LogP contribution in [0.25, 0.3) is 10.8 Å². The third-order valence-electron chi connectivity index (χ3n) is 6.40. The number of halogens is 1. The Morgan fingerprint density at radius 1 is 1.10 bits per heavy atom. The molecule has 200 valence electrons. The maximum Gasteiger partial charge on any atom is 0.255 e. The molecule has 0 aliphatic carbocycles. The van der Waals surface area contributed by atoms with Crippen LogP contribution >= 0.6 is 0 Å². The van der Waals surface area contributed by atoms with Crippen LogP contribution in [0.3, 0.4) is 0 Å². The van der Waals surface area contributed by atoms with E-state index in [1.807, 2.05) is 49.5 Å². The number of rotatable bonds is 6. The van der Waals surface area contributed by atoms with Gasteiger partial charge in [0.1, 0.15) is 5.82 Å². The van der Waals surface area contributed by atoms with Crippen LogP contribution in [0.2, 0.25) is 0 Å². The summed E-state index contributed by atoms with van der Waals surface area (Å²) >= 11 is 0. The van der Waals surface area contributed by atoms with Crippen molar-refractivity contribution in [2.24, 2.45) is 0 Å². The molecule has 5 rings (SSSR count). The summed E-state index contributed by atoms with van der Waals surface area (Å²) in [6.45, 7) is 2.30. The van der Waals surface area contributed by atoms with Gasteiger partial charge in [-0.15, -0.1) is 6.42 Å². The number of anilines is 3. The third-order valence-corrected chi connectivity index (χ3v) is 6.40. The maximum absolute atomic E-state index is 14.1. The number of methoxy groups -OCH3 is 1. The summed E-state index contributed by atoms with van der Waals surface area (Å²) in [6.07, 6.45) is 10.2. The predicted octanol–water partition coefficient (Wildman–Crippen LogP) is 5.78. The Bertz CT molecular complexity index is 1460. The highest BCUT2D eigenvalue weighted by Gasteiger charge is 2.16. The number of amides is 1. The molecule has 39 heavy (non-hydrogen) atoms. The number of aromatic nitrogens is 2. The Labute approximate surface area is 228 Å². The lowest BCUT2D eigenvalue weighted by atomic mass is 10.1. The molecule has 0 unspecified atom stereocenters. The van der Waals surface area contributed by atoms with Crippen molar-refractivity contribution in [3.63, 3.8) is 0 Å². The lowest BCUT2D eigenvalue weighted by molar-refractivity contribution is 0.102. The lowest BCUT2D eigenvalue weighted by Crippen LogP contribution is -2.29. The Kier molecular flexibility index (Phi) is 9.30. The van der Waals surface area contributed by atoms with Crippen molar-refractivity contribution in [1.82, 2.24) is 9.97 Å². The van der Waals surface area contributed by atoms with E-state index >= 15 is 0 Å². The molecule has 1 aromatic heterocycles. The Morgan fingerprint density at radius 3 is 2.64 bits per heavy atom. The van der Waals surface area contributed by atoms with Crippen molar-refractivity contribution in [3.8, 4) is 18.2 Å². The SMILES string of the molecule is C#CCN(C)c1nccc(OC)n1.O=C(Nc1cccc2ccccc12)c1cc(F)cc(N2CCCCC2)c1. The van der Waals surface area contributed by atoms with Crippen LogP contribution in [0.1, 0.15) is 29.6 Å². The van der Waals surface area contributed by atoms with Gasteiger partial charge in [0.2, 0.25) is 11.8 Å². The number of hydrogen-bond donors (Lipinski definition) is 1. The van der Waals surface area contributed by atoms with Crippen molar-refractivity contribution in [1.29, 1.82) is 0 Å². The summed E-state index contributed by atoms with van der Waals surface area (Å²) in [7, 11) is 3.39.